The number of ether oxygens (including phenoxy) is 3. The SMILES string of the molecule is COc1cc(NC(=O)c2ccccc2Cl)c(C(=O)OCC(=O)c2ccc(C)s2)cc1OC. The van der Waals surface area contributed by atoms with Gasteiger partial charge in [0.05, 0.1) is 40.9 Å². The number of carbonyl (C=O) groups is 3. The molecule has 0 saturated carbocycles. The first-order valence-corrected chi connectivity index (χ1v) is 10.6. The first kappa shape index (κ1) is 23.3. The largest absolute Gasteiger partial charge is 0.493 e. The number of halogens is 1. The summed E-state index contributed by atoms with van der Waals surface area (Å²) < 4.78 is 15.8. The zero-order chi connectivity index (χ0) is 23.3. The summed E-state index contributed by atoms with van der Waals surface area (Å²) in [5.74, 6) is -1.10. The van der Waals surface area contributed by atoms with Gasteiger partial charge in [0.2, 0.25) is 5.78 Å². The Kier molecular flexibility index (Phi) is 7.50. The molecule has 0 saturated heterocycles. The van der Waals surface area contributed by atoms with Gasteiger partial charge in [-0.05, 0) is 31.2 Å². The molecule has 0 spiro atoms. The Morgan fingerprint density at radius 3 is 2.28 bits per heavy atom. The van der Waals surface area contributed by atoms with Gasteiger partial charge in [0.15, 0.2) is 18.1 Å². The number of benzene rings is 2. The zero-order valence-electron chi connectivity index (χ0n) is 17.6. The topological polar surface area (TPSA) is 90.9 Å². The molecule has 3 rings (SSSR count). The number of esters is 1. The fourth-order valence-electron chi connectivity index (χ4n) is 2.85. The third-order valence-corrected chi connectivity index (χ3v) is 5.83. The Morgan fingerprint density at radius 2 is 1.66 bits per heavy atom. The fraction of sp³-hybridized carbons (Fsp3) is 0.174. The Balaban J connectivity index is 1.87. The standard InChI is InChI=1S/C23H20ClNO6S/c1-13-8-9-21(32-13)18(26)12-31-23(28)15-10-19(29-2)20(30-3)11-17(15)25-22(27)14-6-4-5-7-16(14)24/h4-11H,12H2,1-3H3,(H,25,27). The number of rotatable bonds is 8. The lowest BCUT2D eigenvalue weighted by Crippen LogP contribution is -2.18. The number of anilines is 1. The highest BCUT2D eigenvalue weighted by Crippen LogP contribution is 2.34. The molecule has 0 atom stereocenters. The summed E-state index contributed by atoms with van der Waals surface area (Å²) in [5.41, 5.74) is 0.349. The summed E-state index contributed by atoms with van der Waals surface area (Å²) >= 11 is 7.42. The van der Waals surface area contributed by atoms with Crippen LogP contribution in [0.2, 0.25) is 5.02 Å². The number of carbonyl (C=O) groups excluding carboxylic acids is 3. The quantitative estimate of drug-likeness (QED) is 0.365. The van der Waals surface area contributed by atoms with E-state index in [9.17, 15) is 14.4 Å². The molecule has 1 N–H and O–H groups in total. The summed E-state index contributed by atoms with van der Waals surface area (Å²) in [6.45, 7) is 1.44. The molecular weight excluding hydrogens is 454 g/mol. The second-order valence-electron chi connectivity index (χ2n) is 6.60. The monoisotopic (exact) mass is 473 g/mol. The molecule has 0 radical (unpaired) electrons. The third kappa shape index (κ3) is 5.27. The minimum Gasteiger partial charge on any atom is -0.493 e. The Morgan fingerprint density at radius 1 is 0.969 bits per heavy atom. The average Bonchev–Trinajstić information content (AvgIpc) is 3.23. The van der Waals surface area contributed by atoms with Crippen molar-refractivity contribution in [3.05, 3.63) is 74.4 Å². The van der Waals surface area contributed by atoms with E-state index in [0.29, 0.717) is 10.6 Å². The molecule has 0 aliphatic carbocycles. The van der Waals surface area contributed by atoms with Crippen molar-refractivity contribution in [1.82, 2.24) is 0 Å². The highest BCUT2D eigenvalue weighted by atomic mass is 35.5. The number of ketones is 1. The van der Waals surface area contributed by atoms with Gasteiger partial charge in [0.25, 0.3) is 5.91 Å². The van der Waals surface area contributed by atoms with Gasteiger partial charge < -0.3 is 19.5 Å². The maximum absolute atomic E-state index is 12.8. The molecule has 3 aromatic rings. The summed E-state index contributed by atoms with van der Waals surface area (Å²) in [5, 5.41) is 2.91. The molecule has 0 fully saturated rings. The smallest absolute Gasteiger partial charge is 0.340 e. The van der Waals surface area contributed by atoms with Gasteiger partial charge in [-0.3, -0.25) is 9.59 Å². The highest BCUT2D eigenvalue weighted by Gasteiger charge is 2.22. The predicted octanol–water partition coefficient (Wildman–Crippen LogP) is 5.02. The minimum absolute atomic E-state index is 0.00165. The highest BCUT2D eigenvalue weighted by molar-refractivity contribution is 7.14. The number of thiophene rings is 1. The normalized spacial score (nSPS) is 10.4. The van der Waals surface area contributed by atoms with E-state index in [2.05, 4.69) is 5.32 Å². The van der Waals surface area contributed by atoms with Crippen LogP contribution in [0.5, 0.6) is 11.5 Å². The Labute approximate surface area is 193 Å². The summed E-state index contributed by atoms with van der Waals surface area (Å²) in [6, 6.07) is 12.8. The van der Waals surface area contributed by atoms with Gasteiger partial charge in [-0.15, -0.1) is 11.3 Å². The molecule has 9 heteroatoms. The van der Waals surface area contributed by atoms with E-state index in [0.717, 1.165) is 4.88 Å². The molecule has 32 heavy (non-hydrogen) atoms. The van der Waals surface area contributed by atoms with Crippen LogP contribution >= 0.6 is 22.9 Å². The molecule has 1 aromatic heterocycles. The molecule has 0 unspecified atom stereocenters. The van der Waals surface area contributed by atoms with Gasteiger partial charge in [-0.1, -0.05) is 23.7 Å². The second kappa shape index (κ2) is 10.3. The van der Waals surface area contributed by atoms with E-state index in [1.807, 2.05) is 13.0 Å². The van der Waals surface area contributed by atoms with Crippen LogP contribution in [-0.2, 0) is 4.74 Å². The molecule has 166 valence electrons. The lowest BCUT2D eigenvalue weighted by Gasteiger charge is -2.15. The van der Waals surface area contributed by atoms with Crippen LogP contribution in [0.1, 0.15) is 35.3 Å². The van der Waals surface area contributed by atoms with Crippen LogP contribution in [0, 0.1) is 6.92 Å². The number of aryl methyl sites for hydroxylation is 1. The van der Waals surface area contributed by atoms with Gasteiger partial charge in [0.1, 0.15) is 0 Å². The lowest BCUT2D eigenvalue weighted by molar-refractivity contribution is 0.0476. The van der Waals surface area contributed by atoms with Gasteiger partial charge in [0, 0.05) is 17.0 Å². The Bertz CT molecular complexity index is 1170. The molecular formula is C23H20ClNO6S. The van der Waals surface area contributed by atoms with Gasteiger partial charge >= 0.3 is 5.97 Å². The number of hydrogen-bond acceptors (Lipinski definition) is 7. The van der Waals surface area contributed by atoms with Gasteiger partial charge in [-0.25, -0.2) is 4.79 Å². The maximum atomic E-state index is 12.8. The van der Waals surface area contributed by atoms with Gasteiger partial charge in [-0.2, -0.15) is 0 Å². The summed E-state index contributed by atoms with van der Waals surface area (Å²) in [4.78, 5) is 39.3. The molecule has 0 aliphatic rings. The van der Waals surface area contributed by atoms with Crippen molar-refractivity contribution in [3.63, 3.8) is 0 Å². The van der Waals surface area contributed by atoms with Crippen molar-refractivity contribution in [2.24, 2.45) is 0 Å². The number of methoxy groups -OCH3 is 2. The van der Waals surface area contributed by atoms with Crippen molar-refractivity contribution >= 4 is 46.3 Å². The molecule has 7 nitrogen and oxygen atoms in total. The van der Waals surface area contributed by atoms with Crippen LogP contribution in [0.15, 0.2) is 48.5 Å². The van der Waals surface area contributed by atoms with Crippen molar-refractivity contribution in [1.29, 1.82) is 0 Å². The minimum atomic E-state index is -0.804. The van der Waals surface area contributed by atoms with Crippen LogP contribution < -0.4 is 14.8 Å². The predicted molar refractivity (Wildman–Crippen MR) is 123 cm³/mol. The number of Topliss-reactive ketones (excluding diaryl/α,β-unsaturated/α-hetero) is 1. The van der Waals surface area contributed by atoms with E-state index >= 15 is 0 Å². The molecule has 1 heterocycles. The van der Waals surface area contributed by atoms with Crippen molar-refractivity contribution in [2.75, 3.05) is 26.1 Å². The lowest BCUT2D eigenvalue weighted by atomic mass is 10.1. The second-order valence-corrected chi connectivity index (χ2v) is 8.29. The van der Waals surface area contributed by atoms with E-state index in [1.54, 1.807) is 30.3 Å². The summed E-state index contributed by atoms with van der Waals surface area (Å²) in [6.07, 6.45) is 0. The van der Waals surface area contributed by atoms with E-state index < -0.39 is 18.5 Å². The van der Waals surface area contributed by atoms with Crippen molar-refractivity contribution < 1.29 is 28.6 Å². The number of hydrogen-bond donors (Lipinski definition) is 1. The molecule has 1 amide bonds. The first-order chi connectivity index (χ1) is 15.3. The molecule has 0 bridgehead atoms. The van der Waals surface area contributed by atoms with Crippen LogP contribution in [0.3, 0.4) is 0 Å². The fourth-order valence-corrected chi connectivity index (χ4v) is 3.86. The van der Waals surface area contributed by atoms with E-state index in [4.69, 9.17) is 25.8 Å². The molecule has 0 aliphatic heterocycles. The van der Waals surface area contributed by atoms with E-state index in [-0.39, 0.29) is 33.4 Å². The number of nitrogens with one attached hydrogen (secondary N) is 1. The van der Waals surface area contributed by atoms with Crippen LogP contribution in [-0.4, -0.2) is 38.5 Å². The zero-order valence-corrected chi connectivity index (χ0v) is 19.1. The number of amides is 1. The van der Waals surface area contributed by atoms with Crippen molar-refractivity contribution in [3.8, 4) is 11.5 Å². The van der Waals surface area contributed by atoms with Crippen molar-refractivity contribution in [2.45, 2.75) is 6.92 Å². The average molecular weight is 474 g/mol. The Hall–Kier alpha value is -3.36. The van der Waals surface area contributed by atoms with Crippen LogP contribution in [0.25, 0.3) is 0 Å². The van der Waals surface area contributed by atoms with E-state index in [1.165, 1.54) is 37.7 Å². The first-order valence-electron chi connectivity index (χ1n) is 9.42. The maximum Gasteiger partial charge on any atom is 0.340 e. The summed E-state index contributed by atoms with van der Waals surface area (Å²) in [7, 11) is 2.84. The molecule has 2 aromatic carbocycles. The van der Waals surface area contributed by atoms with Crippen LogP contribution in [0.4, 0.5) is 5.69 Å². The third-order valence-electron chi connectivity index (χ3n) is 4.46.